The van der Waals surface area contributed by atoms with Crippen LogP contribution in [0.1, 0.15) is 32.8 Å². The summed E-state index contributed by atoms with van der Waals surface area (Å²) in [5, 5.41) is 2.49. The maximum atomic E-state index is 12.9. The average Bonchev–Trinajstić information content (AvgIpc) is 2.90. The fourth-order valence-corrected chi connectivity index (χ4v) is 2.73. The highest BCUT2D eigenvalue weighted by Crippen LogP contribution is 2.35. The molecule has 1 heterocycles. The topological polar surface area (TPSA) is 58.6 Å². The van der Waals surface area contributed by atoms with Gasteiger partial charge < -0.3 is 15.0 Å². The highest BCUT2D eigenvalue weighted by molar-refractivity contribution is 5.98. The van der Waals surface area contributed by atoms with Gasteiger partial charge in [-0.3, -0.25) is 9.59 Å². The van der Waals surface area contributed by atoms with Crippen molar-refractivity contribution in [2.75, 3.05) is 18.5 Å². The number of ether oxygens (including phenoxy) is 1. The summed E-state index contributed by atoms with van der Waals surface area (Å²) in [5.41, 5.74) is -0.922. The van der Waals surface area contributed by atoms with Crippen LogP contribution in [-0.2, 0) is 15.8 Å². The highest BCUT2D eigenvalue weighted by Gasteiger charge is 2.36. The molecule has 2 rings (SSSR count). The number of hydrogen-bond acceptors (Lipinski definition) is 3. The molecule has 1 aliphatic heterocycles. The number of hydrogen-bond donors (Lipinski definition) is 1. The van der Waals surface area contributed by atoms with Gasteiger partial charge in [0.1, 0.15) is 5.75 Å². The Morgan fingerprint density at radius 1 is 1.40 bits per heavy atom. The van der Waals surface area contributed by atoms with Crippen molar-refractivity contribution in [3.8, 4) is 5.75 Å². The molecule has 25 heavy (non-hydrogen) atoms. The summed E-state index contributed by atoms with van der Waals surface area (Å²) in [6, 6.07) is 2.90. The van der Waals surface area contributed by atoms with E-state index in [0.29, 0.717) is 0 Å². The van der Waals surface area contributed by atoms with Crippen molar-refractivity contribution in [2.24, 2.45) is 5.92 Å². The van der Waals surface area contributed by atoms with Gasteiger partial charge in [0.2, 0.25) is 11.8 Å². The molecule has 1 atom stereocenters. The predicted octanol–water partition coefficient (Wildman–Crippen LogP) is 3.30. The molecular weight excluding hydrogens is 337 g/mol. The molecule has 1 aromatic carbocycles. The van der Waals surface area contributed by atoms with Gasteiger partial charge in [0.15, 0.2) is 0 Å². The molecule has 0 aromatic heterocycles. The minimum Gasteiger partial charge on any atom is -0.492 e. The van der Waals surface area contributed by atoms with Gasteiger partial charge in [0.25, 0.3) is 0 Å². The van der Waals surface area contributed by atoms with Crippen LogP contribution < -0.4 is 10.1 Å². The Labute approximate surface area is 144 Å². The maximum Gasteiger partial charge on any atom is 0.416 e. The van der Waals surface area contributed by atoms with Crippen molar-refractivity contribution in [1.29, 1.82) is 0 Å². The van der Waals surface area contributed by atoms with Crippen molar-refractivity contribution >= 4 is 17.5 Å². The van der Waals surface area contributed by atoms with Crippen molar-refractivity contribution in [2.45, 2.75) is 39.4 Å². The van der Waals surface area contributed by atoms with Gasteiger partial charge in [-0.25, -0.2) is 0 Å². The highest BCUT2D eigenvalue weighted by atomic mass is 19.4. The number of benzene rings is 1. The maximum absolute atomic E-state index is 12.9. The van der Waals surface area contributed by atoms with Crippen molar-refractivity contribution in [1.82, 2.24) is 4.90 Å². The zero-order valence-electron chi connectivity index (χ0n) is 14.3. The Hall–Kier alpha value is -2.25. The van der Waals surface area contributed by atoms with Crippen LogP contribution >= 0.6 is 0 Å². The van der Waals surface area contributed by atoms with E-state index in [0.717, 1.165) is 12.1 Å². The fourth-order valence-electron chi connectivity index (χ4n) is 2.73. The second kappa shape index (κ2) is 7.33. The number of nitrogens with one attached hydrogen (secondary N) is 1. The van der Waals surface area contributed by atoms with E-state index in [1.807, 2.05) is 13.8 Å². The first-order chi connectivity index (χ1) is 11.6. The predicted molar refractivity (Wildman–Crippen MR) is 86.2 cm³/mol. The van der Waals surface area contributed by atoms with Crippen LogP contribution in [-0.4, -0.2) is 35.9 Å². The Morgan fingerprint density at radius 2 is 2.08 bits per heavy atom. The minimum atomic E-state index is -4.53. The van der Waals surface area contributed by atoms with Crippen LogP contribution in [0.3, 0.4) is 0 Å². The zero-order valence-corrected chi connectivity index (χ0v) is 14.3. The second-order valence-electron chi connectivity index (χ2n) is 6.17. The second-order valence-corrected chi connectivity index (χ2v) is 6.17. The number of nitrogens with zero attached hydrogens (tertiary/aromatic N) is 1. The Balaban J connectivity index is 2.20. The van der Waals surface area contributed by atoms with E-state index >= 15 is 0 Å². The third-order valence-electron chi connectivity index (χ3n) is 4.02. The SMILES string of the molecule is CCOc1ccc(C(F)(F)F)cc1NC(=O)C1CC(=O)N(C(C)C)C1. The molecular formula is C17H21F3N2O3. The van der Waals surface area contributed by atoms with E-state index in [1.54, 1.807) is 11.8 Å². The number of rotatable bonds is 5. The first-order valence-electron chi connectivity index (χ1n) is 8.07. The van der Waals surface area contributed by atoms with Crippen LogP contribution in [0.15, 0.2) is 18.2 Å². The summed E-state index contributed by atoms with van der Waals surface area (Å²) in [6.45, 7) is 5.89. The monoisotopic (exact) mass is 358 g/mol. The van der Waals surface area contributed by atoms with Gasteiger partial charge in [-0.2, -0.15) is 13.2 Å². The lowest BCUT2D eigenvalue weighted by Crippen LogP contribution is -2.33. The van der Waals surface area contributed by atoms with Crippen LogP contribution in [0.2, 0.25) is 0 Å². The number of likely N-dealkylation sites (tertiary alicyclic amines) is 1. The van der Waals surface area contributed by atoms with E-state index < -0.39 is 23.6 Å². The molecule has 0 bridgehead atoms. The summed E-state index contributed by atoms with van der Waals surface area (Å²) in [7, 11) is 0. The van der Waals surface area contributed by atoms with Crippen molar-refractivity contribution in [3.63, 3.8) is 0 Å². The van der Waals surface area contributed by atoms with Crippen molar-refractivity contribution in [3.05, 3.63) is 23.8 Å². The molecule has 5 nitrogen and oxygen atoms in total. The normalized spacial score (nSPS) is 18.0. The van der Waals surface area contributed by atoms with Crippen LogP contribution in [0.25, 0.3) is 0 Å². The molecule has 0 spiro atoms. The molecule has 138 valence electrons. The molecule has 0 aliphatic carbocycles. The van der Waals surface area contributed by atoms with E-state index in [-0.39, 0.29) is 43.0 Å². The quantitative estimate of drug-likeness (QED) is 0.879. The third kappa shape index (κ3) is 4.43. The molecule has 0 radical (unpaired) electrons. The number of alkyl halides is 3. The Bertz CT molecular complexity index is 659. The molecule has 2 amide bonds. The van der Waals surface area contributed by atoms with Crippen LogP contribution in [0, 0.1) is 5.92 Å². The van der Waals surface area contributed by atoms with Gasteiger partial charge in [0, 0.05) is 19.0 Å². The molecule has 1 N–H and O–H groups in total. The van der Waals surface area contributed by atoms with Crippen molar-refractivity contribution < 1.29 is 27.5 Å². The van der Waals surface area contributed by atoms with Gasteiger partial charge in [0.05, 0.1) is 23.8 Å². The average molecular weight is 358 g/mol. The summed E-state index contributed by atoms with van der Waals surface area (Å²) >= 11 is 0. The van der Waals surface area contributed by atoms with E-state index in [2.05, 4.69) is 5.32 Å². The lowest BCUT2D eigenvalue weighted by Gasteiger charge is -2.21. The molecule has 1 fully saturated rings. The molecule has 1 saturated heterocycles. The molecule has 0 saturated carbocycles. The summed E-state index contributed by atoms with van der Waals surface area (Å²) < 4.78 is 44.0. The van der Waals surface area contributed by atoms with E-state index in [4.69, 9.17) is 4.74 Å². The molecule has 1 aliphatic rings. The number of amides is 2. The van der Waals surface area contributed by atoms with E-state index in [1.165, 1.54) is 6.07 Å². The molecule has 8 heteroatoms. The largest absolute Gasteiger partial charge is 0.492 e. The summed E-state index contributed by atoms with van der Waals surface area (Å²) in [4.78, 5) is 25.9. The van der Waals surface area contributed by atoms with Gasteiger partial charge in [-0.15, -0.1) is 0 Å². The van der Waals surface area contributed by atoms with E-state index in [9.17, 15) is 22.8 Å². The Morgan fingerprint density at radius 3 is 2.60 bits per heavy atom. The number of carbonyl (C=O) groups is 2. The first kappa shape index (κ1) is 19.1. The first-order valence-corrected chi connectivity index (χ1v) is 8.07. The smallest absolute Gasteiger partial charge is 0.416 e. The van der Waals surface area contributed by atoms with Crippen LogP contribution in [0.5, 0.6) is 5.75 Å². The lowest BCUT2D eigenvalue weighted by molar-refractivity contribution is -0.137. The summed E-state index contributed by atoms with van der Waals surface area (Å²) in [6.07, 6.45) is -4.48. The number of anilines is 1. The minimum absolute atomic E-state index is 0.0298. The fraction of sp³-hybridized carbons (Fsp3) is 0.529. The number of carbonyl (C=O) groups excluding carboxylic acids is 2. The summed E-state index contributed by atoms with van der Waals surface area (Å²) in [5.74, 6) is -1.06. The third-order valence-corrected chi connectivity index (χ3v) is 4.02. The van der Waals surface area contributed by atoms with Gasteiger partial charge >= 0.3 is 6.18 Å². The lowest BCUT2D eigenvalue weighted by atomic mass is 10.1. The van der Waals surface area contributed by atoms with Gasteiger partial charge in [-0.05, 0) is 39.0 Å². The van der Waals surface area contributed by atoms with Crippen LogP contribution in [0.4, 0.5) is 18.9 Å². The molecule has 1 aromatic rings. The Kier molecular flexibility index (Phi) is 5.59. The van der Waals surface area contributed by atoms with Gasteiger partial charge in [-0.1, -0.05) is 0 Å². The zero-order chi connectivity index (χ0) is 18.8. The standard InChI is InChI=1S/C17H21F3N2O3/c1-4-25-14-6-5-12(17(18,19)20)8-13(14)21-16(24)11-7-15(23)22(9-11)10(2)3/h5-6,8,10-11H,4,7,9H2,1-3H3,(H,21,24). The number of halogens is 3. The molecule has 1 unspecified atom stereocenters.